The molecule has 0 unspecified atom stereocenters. The zero-order valence-electron chi connectivity index (χ0n) is 10.0. The molecule has 1 heterocycles. The summed E-state index contributed by atoms with van der Waals surface area (Å²) in [6.07, 6.45) is 0.440. The highest BCUT2D eigenvalue weighted by Crippen LogP contribution is 2.16. The Morgan fingerprint density at radius 3 is 2.67 bits per heavy atom. The van der Waals surface area contributed by atoms with E-state index in [0.717, 1.165) is 10.4 Å². The van der Waals surface area contributed by atoms with Gasteiger partial charge in [-0.1, -0.05) is 29.8 Å². The quantitative estimate of drug-likeness (QED) is 0.906. The number of benzene rings is 1. The molecule has 1 atom stereocenters. The lowest BCUT2D eigenvalue weighted by Gasteiger charge is -2.14. The van der Waals surface area contributed by atoms with E-state index in [0.29, 0.717) is 11.4 Å². The van der Waals surface area contributed by atoms with Crippen LogP contribution in [-0.4, -0.2) is 5.91 Å². The zero-order valence-corrected chi connectivity index (χ0v) is 11.6. The molecule has 0 bridgehead atoms. The zero-order chi connectivity index (χ0) is 13.0. The minimum atomic E-state index is -0.00488. The van der Waals surface area contributed by atoms with Gasteiger partial charge in [0.1, 0.15) is 0 Å². The van der Waals surface area contributed by atoms with Gasteiger partial charge in [-0.25, -0.2) is 0 Å². The van der Waals surface area contributed by atoms with Crippen molar-refractivity contribution in [3.8, 4) is 0 Å². The highest BCUT2D eigenvalue weighted by molar-refractivity contribution is 7.10. The molecule has 0 aliphatic carbocycles. The standard InChI is InChI=1S/C14H14ClNOS/c1-10(11-4-6-12(15)7-5-11)16-14(17)9-13-3-2-8-18-13/h2-8,10H,9H2,1H3,(H,16,17)/t10-/m0/s1. The summed E-state index contributed by atoms with van der Waals surface area (Å²) in [5.74, 6) is 0.0416. The highest BCUT2D eigenvalue weighted by atomic mass is 35.5. The molecular weight excluding hydrogens is 266 g/mol. The van der Waals surface area contributed by atoms with Crippen LogP contribution in [0.15, 0.2) is 41.8 Å². The molecule has 1 amide bonds. The van der Waals surface area contributed by atoms with E-state index in [9.17, 15) is 4.79 Å². The Balaban J connectivity index is 1.92. The Labute approximate surface area is 116 Å². The average Bonchev–Trinajstić information content (AvgIpc) is 2.82. The van der Waals surface area contributed by atoms with E-state index in [2.05, 4.69) is 5.32 Å². The minimum Gasteiger partial charge on any atom is -0.349 e. The predicted molar refractivity (Wildman–Crippen MR) is 76.0 cm³/mol. The Bertz CT molecular complexity index is 507. The van der Waals surface area contributed by atoms with Crippen molar-refractivity contribution in [1.29, 1.82) is 0 Å². The first kappa shape index (κ1) is 13.1. The average molecular weight is 280 g/mol. The maximum Gasteiger partial charge on any atom is 0.225 e. The number of carbonyl (C=O) groups is 1. The van der Waals surface area contributed by atoms with Gasteiger partial charge >= 0.3 is 0 Å². The molecule has 0 aliphatic heterocycles. The van der Waals surface area contributed by atoms with Crippen molar-refractivity contribution < 1.29 is 4.79 Å². The molecule has 4 heteroatoms. The molecule has 1 aromatic carbocycles. The number of hydrogen-bond acceptors (Lipinski definition) is 2. The van der Waals surface area contributed by atoms with E-state index in [1.54, 1.807) is 11.3 Å². The third kappa shape index (κ3) is 3.59. The number of rotatable bonds is 4. The maximum absolute atomic E-state index is 11.8. The lowest BCUT2D eigenvalue weighted by atomic mass is 10.1. The van der Waals surface area contributed by atoms with Gasteiger partial charge < -0.3 is 5.32 Å². The van der Waals surface area contributed by atoms with Gasteiger partial charge in [0.05, 0.1) is 12.5 Å². The summed E-state index contributed by atoms with van der Waals surface area (Å²) >= 11 is 7.43. The van der Waals surface area contributed by atoms with Crippen molar-refractivity contribution in [2.24, 2.45) is 0 Å². The molecule has 0 saturated carbocycles. The molecule has 1 N–H and O–H groups in total. The summed E-state index contributed by atoms with van der Waals surface area (Å²) in [6, 6.07) is 11.4. The molecule has 0 fully saturated rings. The second-order valence-electron chi connectivity index (χ2n) is 4.10. The van der Waals surface area contributed by atoms with Gasteiger partial charge in [-0.2, -0.15) is 0 Å². The normalized spacial score (nSPS) is 12.1. The smallest absolute Gasteiger partial charge is 0.225 e. The molecule has 2 nitrogen and oxygen atoms in total. The fraction of sp³-hybridized carbons (Fsp3) is 0.214. The number of halogens is 1. The Morgan fingerprint density at radius 2 is 2.06 bits per heavy atom. The van der Waals surface area contributed by atoms with Gasteiger partial charge in [0.25, 0.3) is 0 Å². The number of hydrogen-bond donors (Lipinski definition) is 1. The van der Waals surface area contributed by atoms with Crippen LogP contribution in [0.25, 0.3) is 0 Å². The molecule has 1 aromatic heterocycles. The van der Waals surface area contributed by atoms with Crippen LogP contribution in [0.1, 0.15) is 23.4 Å². The van der Waals surface area contributed by atoms with E-state index in [1.807, 2.05) is 48.7 Å². The van der Waals surface area contributed by atoms with E-state index < -0.39 is 0 Å². The molecular formula is C14H14ClNOS. The summed E-state index contributed by atoms with van der Waals surface area (Å²) in [5.41, 5.74) is 1.05. The molecule has 18 heavy (non-hydrogen) atoms. The second-order valence-corrected chi connectivity index (χ2v) is 5.57. The fourth-order valence-corrected chi connectivity index (χ4v) is 2.53. The minimum absolute atomic E-state index is 0.00488. The summed E-state index contributed by atoms with van der Waals surface area (Å²) in [5, 5.41) is 5.66. The van der Waals surface area contributed by atoms with Crippen molar-refractivity contribution >= 4 is 28.8 Å². The molecule has 94 valence electrons. The van der Waals surface area contributed by atoms with Gasteiger partial charge in [0.15, 0.2) is 0 Å². The van der Waals surface area contributed by atoms with Gasteiger partial charge in [-0.15, -0.1) is 11.3 Å². The van der Waals surface area contributed by atoms with Crippen LogP contribution in [0, 0.1) is 0 Å². The Kier molecular flexibility index (Phi) is 4.39. The summed E-state index contributed by atoms with van der Waals surface area (Å²) in [4.78, 5) is 12.9. The first-order valence-electron chi connectivity index (χ1n) is 5.72. The summed E-state index contributed by atoms with van der Waals surface area (Å²) in [6.45, 7) is 1.97. The number of thiophene rings is 1. The third-order valence-electron chi connectivity index (χ3n) is 2.66. The predicted octanol–water partition coefficient (Wildman–Crippen LogP) is 3.82. The highest BCUT2D eigenvalue weighted by Gasteiger charge is 2.10. The first-order valence-corrected chi connectivity index (χ1v) is 6.98. The first-order chi connectivity index (χ1) is 8.65. The van der Waals surface area contributed by atoms with E-state index in [4.69, 9.17) is 11.6 Å². The SMILES string of the molecule is C[C@H](NC(=O)Cc1cccs1)c1ccc(Cl)cc1. The van der Waals surface area contributed by atoms with Crippen LogP contribution in [0.3, 0.4) is 0 Å². The number of carbonyl (C=O) groups excluding carboxylic acids is 1. The van der Waals surface area contributed by atoms with Crippen LogP contribution < -0.4 is 5.32 Å². The van der Waals surface area contributed by atoms with Crippen LogP contribution in [0.4, 0.5) is 0 Å². The lowest BCUT2D eigenvalue weighted by molar-refractivity contribution is -0.121. The van der Waals surface area contributed by atoms with Crippen molar-refractivity contribution in [1.82, 2.24) is 5.32 Å². The van der Waals surface area contributed by atoms with Gasteiger partial charge in [-0.05, 0) is 36.1 Å². The van der Waals surface area contributed by atoms with E-state index in [-0.39, 0.29) is 11.9 Å². The topological polar surface area (TPSA) is 29.1 Å². The molecule has 0 radical (unpaired) electrons. The van der Waals surface area contributed by atoms with Crippen molar-refractivity contribution in [2.45, 2.75) is 19.4 Å². The van der Waals surface area contributed by atoms with Crippen molar-refractivity contribution in [2.75, 3.05) is 0 Å². The maximum atomic E-state index is 11.8. The number of nitrogens with one attached hydrogen (secondary N) is 1. The Hall–Kier alpha value is -1.32. The van der Waals surface area contributed by atoms with E-state index >= 15 is 0 Å². The van der Waals surface area contributed by atoms with Gasteiger partial charge in [-0.3, -0.25) is 4.79 Å². The Morgan fingerprint density at radius 1 is 1.33 bits per heavy atom. The molecule has 2 aromatic rings. The fourth-order valence-electron chi connectivity index (χ4n) is 1.70. The van der Waals surface area contributed by atoms with Crippen LogP contribution in [0.5, 0.6) is 0 Å². The van der Waals surface area contributed by atoms with Crippen molar-refractivity contribution in [3.63, 3.8) is 0 Å². The van der Waals surface area contributed by atoms with Crippen LogP contribution in [0.2, 0.25) is 5.02 Å². The molecule has 0 aliphatic rings. The van der Waals surface area contributed by atoms with Crippen LogP contribution in [-0.2, 0) is 11.2 Å². The van der Waals surface area contributed by atoms with Gasteiger partial charge in [0.2, 0.25) is 5.91 Å². The molecule has 0 saturated heterocycles. The molecule has 0 spiro atoms. The monoisotopic (exact) mass is 279 g/mol. The van der Waals surface area contributed by atoms with Crippen LogP contribution >= 0.6 is 22.9 Å². The third-order valence-corrected chi connectivity index (χ3v) is 3.79. The lowest BCUT2D eigenvalue weighted by Crippen LogP contribution is -2.27. The van der Waals surface area contributed by atoms with E-state index in [1.165, 1.54) is 0 Å². The largest absolute Gasteiger partial charge is 0.349 e. The van der Waals surface area contributed by atoms with Gasteiger partial charge in [0, 0.05) is 9.90 Å². The number of amides is 1. The van der Waals surface area contributed by atoms with Crippen molar-refractivity contribution in [3.05, 3.63) is 57.2 Å². The molecule has 2 rings (SSSR count). The summed E-state index contributed by atoms with van der Waals surface area (Å²) in [7, 11) is 0. The summed E-state index contributed by atoms with van der Waals surface area (Å²) < 4.78 is 0. The second kappa shape index (κ2) is 6.03.